The van der Waals surface area contributed by atoms with Gasteiger partial charge in [0.1, 0.15) is 11.4 Å². The number of ether oxygens (including phenoxy) is 1. The molecule has 0 saturated heterocycles. The van der Waals surface area contributed by atoms with Gasteiger partial charge in [0, 0.05) is 17.2 Å². The molecule has 7 heteroatoms. The minimum Gasteiger partial charge on any atom is -0.444 e. The van der Waals surface area contributed by atoms with Crippen LogP contribution in [0.3, 0.4) is 0 Å². The summed E-state index contributed by atoms with van der Waals surface area (Å²) >= 11 is 0. The van der Waals surface area contributed by atoms with Crippen LogP contribution in [-0.4, -0.2) is 32.1 Å². The van der Waals surface area contributed by atoms with Crippen molar-refractivity contribution in [2.24, 2.45) is 5.92 Å². The molecule has 4 rings (SSSR count). The molecule has 3 aromatic rings. The molecule has 1 saturated carbocycles. The van der Waals surface area contributed by atoms with E-state index in [9.17, 15) is 9.59 Å². The maximum absolute atomic E-state index is 12.1. The highest BCUT2D eigenvalue weighted by molar-refractivity contribution is 5.85. The van der Waals surface area contributed by atoms with E-state index in [1.807, 2.05) is 63.2 Å². The van der Waals surface area contributed by atoms with Crippen LogP contribution >= 0.6 is 0 Å². The van der Waals surface area contributed by atoms with Gasteiger partial charge in [-0.15, -0.1) is 0 Å². The molecule has 1 N–H and O–H groups in total. The molecule has 29 heavy (non-hydrogen) atoms. The van der Waals surface area contributed by atoms with Crippen LogP contribution in [0.4, 0.5) is 10.5 Å². The number of nitrogens with one attached hydrogen (secondary N) is 1. The molecule has 1 amide bonds. The van der Waals surface area contributed by atoms with E-state index in [1.54, 1.807) is 4.52 Å². The van der Waals surface area contributed by atoms with Crippen LogP contribution in [0.15, 0.2) is 42.5 Å². The predicted molar refractivity (Wildman–Crippen MR) is 110 cm³/mol. The monoisotopic (exact) mass is 392 g/mol. The number of carbonyl (C=O) groups is 2. The Balaban J connectivity index is 1.53. The molecule has 0 spiro atoms. The van der Waals surface area contributed by atoms with Gasteiger partial charge in [-0.05, 0) is 57.9 Å². The summed E-state index contributed by atoms with van der Waals surface area (Å²) in [5, 5.41) is 7.27. The Labute approximate surface area is 169 Å². The lowest BCUT2D eigenvalue weighted by Crippen LogP contribution is -2.27. The van der Waals surface area contributed by atoms with Crippen molar-refractivity contribution in [2.45, 2.75) is 45.6 Å². The van der Waals surface area contributed by atoms with E-state index in [-0.39, 0.29) is 18.1 Å². The number of Topliss-reactive ketones (excluding diaryl/α,β-unsaturated/α-hetero) is 1. The van der Waals surface area contributed by atoms with E-state index in [0.29, 0.717) is 17.2 Å². The molecular formula is C22H24N4O3. The molecule has 150 valence electrons. The van der Waals surface area contributed by atoms with Gasteiger partial charge in [-0.1, -0.05) is 18.2 Å². The SMILES string of the molecule is CC(C)(C)OC(=O)Nc1ccc(-c2cccc3nc(CC(=O)C4CC4)nn23)cc1. The van der Waals surface area contributed by atoms with Crippen molar-refractivity contribution >= 4 is 23.2 Å². The van der Waals surface area contributed by atoms with Crippen molar-refractivity contribution in [3.63, 3.8) is 0 Å². The Morgan fingerprint density at radius 1 is 1.14 bits per heavy atom. The maximum atomic E-state index is 12.1. The highest BCUT2D eigenvalue weighted by Gasteiger charge is 2.30. The van der Waals surface area contributed by atoms with Crippen molar-refractivity contribution < 1.29 is 14.3 Å². The highest BCUT2D eigenvalue weighted by Crippen LogP contribution is 2.31. The van der Waals surface area contributed by atoms with Crippen LogP contribution in [-0.2, 0) is 16.0 Å². The van der Waals surface area contributed by atoms with Crippen molar-refractivity contribution in [3.05, 3.63) is 48.3 Å². The first-order valence-electron chi connectivity index (χ1n) is 9.76. The molecule has 7 nitrogen and oxygen atoms in total. The standard InChI is InChI=1S/C22H24N4O3/c1-22(2,3)29-21(28)23-16-11-9-14(10-12-16)17-5-4-6-20-24-19(25-26(17)20)13-18(27)15-7-8-15/h4-6,9-12,15H,7-8,13H2,1-3H3,(H,23,28). The van der Waals surface area contributed by atoms with Crippen LogP contribution in [0, 0.1) is 5.92 Å². The van der Waals surface area contributed by atoms with Gasteiger partial charge in [0.15, 0.2) is 11.5 Å². The molecule has 1 fully saturated rings. The van der Waals surface area contributed by atoms with E-state index in [0.717, 1.165) is 24.1 Å². The van der Waals surface area contributed by atoms with Crippen LogP contribution in [0.5, 0.6) is 0 Å². The minimum atomic E-state index is -0.550. The molecule has 0 radical (unpaired) electrons. The van der Waals surface area contributed by atoms with E-state index < -0.39 is 11.7 Å². The average molecular weight is 392 g/mol. The number of anilines is 1. The highest BCUT2D eigenvalue weighted by atomic mass is 16.6. The quantitative estimate of drug-likeness (QED) is 0.701. The Morgan fingerprint density at radius 2 is 1.86 bits per heavy atom. The second kappa shape index (κ2) is 7.31. The second-order valence-corrected chi connectivity index (χ2v) is 8.33. The number of rotatable bonds is 5. The van der Waals surface area contributed by atoms with Crippen LogP contribution in [0.1, 0.15) is 39.4 Å². The lowest BCUT2D eigenvalue weighted by atomic mass is 10.1. The molecule has 1 aliphatic carbocycles. The zero-order valence-electron chi connectivity index (χ0n) is 16.8. The normalized spacial score (nSPS) is 14.0. The number of amides is 1. The third kappa shape index (κ3) is 4.62. The average Bonchev–Trinajstić information content (AvgIpc) is 3.41. The van der Waals surface area contributed by atoms with Crippen molar-refractivity contribution in [3.8, 4) is 11.3 Å². The summed E-state index contributed by atoms with van der Waals surface area (Å²) in [7, 11) is 0. The number of carbonyl (C=O) groups excluding carboxylic acids is 2. The van der Waals surface area contributed by atoms with Crippen LogP contribution < -0.4 is 5.32 Å². The van der Waals surface area contributed by atoms with Crippen molar-refractivity contribution in [2.75, 3.05) is 5.32 Å². The van der Waals surface area contributed by atoms with Gasteiger partial charge < -0.3 is 4.74 Å². The molecule has 1 aliphatic rings. The number of hydrogen-bond donors (Lipinski definition) is 1. The fourth-order valence-electron chi connectivity index (χ4n) is 3.09. The summed E-state index contributed by atoms with van der Waals surface area (Å²) in [5.41, 5.74) is 2.59. The van der Waals surface area contributed by atoms with Gasteiger partial charge in [-0.2, -0.15) is 5.10 Å². The van der Waals surface area contributed by atoms with Crippen molar-refractivity contribution in [1.82, 2.24) is 14.6 Å². The van der Waals surface area contributed by atoms with Gasteiger partial charge in [-0.3, -0.25) is 10.1 Å². The largest absolute Gasteiger partial charge is 0.444 e. The van der Waals surface area contributed by atoms with Crippen LogP contribution in [0.25, 0.3) is 16.9 Å². The van der Waals surface area contributed by atoms with E-state index in [2.05, 4.69) is 15.4 Å². The zero-order valence-corrected chi connectivity index (χ0v) is 16.8. The molecule has 0 unspecified atom stereocenters. The molecular weight excluding hydrogens is 368 g/mol. The topological polar surface area (TPSA) is 85.6 Å². The number of benzene rings is 1. The number of nitrogens with zero attached hydrogens (tertiary/aromatic N) is 3. The fourth-order valence-corrected chi connectivity index (χ4v) is 3.09. The summed E-state index contributed by atoms with van der Waals surface area (Å²) in [4.78, 5) is 28.5. The Kier molecular flexibility index (Phi) is 4.82. The fraction of sp³-hybridized carbons (Fsp3) is 0.364. The summed E-state index contributed by atoms with van der Waals surface area (Å²) in [6.45, 7) is 5.46. The van der Waals surface area contributed by atoms with Gasteiger partial charge in [0.25, 0.3) is 0 Å². The first-order chi connectivity index (χ1) is 13.8. The third-order valence-corrected chi connectivity index (χ3v) is 4.59. The predicted octanol–water partition coefficient (Wildman–Crippen LogP) is 4.26. The van der Waals surface area contributed by atoms with Crippen LogP contribution in [0.2, 0.25) is 0 Å². The number of hydrogen-bond acceptors (Lipinski definition) is 5. The summed E-state index contributed by atoms with van der Waals surface area (Å²) in [6.07, 6.45) is 1.76. The first-order valence-corrected chi connectivity index (χ1v) is 9.76. The van der Waals surface area contributed by atoms with Gasteiger partial charge in [-0.25, -0.2) is 14.3 Å². The first kappa shape index (κ1) is 19.1. The smallest absolute Gasteiger partial charge is 0.412 e. The molecule has 2 heterocycles. The lowest BCUT2D eigenvalue weighted by molar-refractivity contribution is -0.119. The molecule has 0 atom stereocenters. The van der Waals surface area contributed by atoms with Gasteiger partial charge in [0.05, 0.1) is 12.1 Å². The number of fused-ring (bicyclic) bond motifs is 1. The zero-order chi connectivity index (χ0) is 20.6. The summed E-state index contributed by atoms with van der Waals surface area (Å²) in [5.74, 6) is 0.976. The van der Waals surface area contributed by atoms with Gasteiger partial charge in [0.2, 0.25) is 0 Å². The summed E-state index contributed by atoms with van der Waals surface area (Å²) in [6, 6.07) is 13.2. The number of aromatic nitrogens is 3. The van der Waals surface area contributed by atoms with E-state index in [4.69, 9.17) is 4.74 Å². The van der Waals surface area contributed by atoms with E-state index in [1.165, 1.54) is 0 Å². The number of ketones is 1. The second-order valence-electron chi connectivity index (χ2n) is 8.33. The Bertz CT molecular complexity index is 1060. The minimum absolute atomic E-state index is 0.200. The van der Waals surface area contributed by atoms with Crippen molar-refractivity contribution in [1.29, 1.82) is 0 Å². The molecule has 2 aromatic heterocycles. The number of pyridine rings is 1. The summed E-state index contributed by atoms with van der Waals surface area (Å²) < 4.78 is 7.03. The third-order valence-electron chi connectivity index (χ3n) is 4.59. The van der Waals surface area contributed by atoms with Gasteiger partial charge >= 0.3 is 6.09 Å². The Morgan fingerprint density at radius 3 is 2.52 bits per heavy atom. The molecule has 0 bridgehead atoms. The maximum Gasteiger partial charge on any atom is 0.412 e. The van der Waals surface area contributed by atoms with E-state index >= 15 is 0 Å². The molecule has 0 aliphatic heterocycles. The lowest BCUT2D eigenvalue weighted by Gasteiger charge is -2.19. The molecule has 1 aromatic carbocycles. The Hall–Kier alpha value is -3.22.